The third-order valence-corrected chi connectivity index (χ3v) is 4.20. The van der Waals surface area contributed by atoms with E-state index in [9.17, 15) is 14.0 Å². The highest BCUT2D eigenvalue weighted by Gasteiger charge is 2.35. The first-order valence-electron chi connectivity index (χ1n) is 7.15. The molecule has 3 rings (SSSR count). The first-order valence-corrected chi connectivity index (χ1v) is 7.94. The molecular weight excluding hydrogens is 363 g/mol. The van der Waals surface area contributed by atoms with Crippen molar-refractivity contribution in [2.24, 2.45) is 5.92 Å². The molecule has 1 unspecified atom stereocenters. The molecule has 1 saturated heterocycles. The van der Waals surface area contributed by atoms with E-state index in [4.69, 9.17) is 0 Å². The Bertz CT molecular complexity index is 766. The monoisotopic (exact) mass is 376 g/mol. The molecule has 1 heterocycles. The van der Waals surface area contributed by atoms with Crippen LogP contribution in [-0.2, 0) is 9.59 Å². The summed E-state index contributed by atoms with van der Waals surface area (Å²) in [5, 5.41) is 2.81. The summed E-state index contributed by atoms with van der Waals surface area (Å²) in [6.07, 6.45) is 0.121. The van der Waals surface area contributed by atoms with Gasteiger partial charge in [-0.05, 0) is 36.4 Å². The van der Waals surface area contributed by atoms with Gasteiger partial charge in [-0.25, -0.2) is 4.39 Å². The summed E-state index contributed by atoms with van der Waals surface area (Å²) >= 11 is 3.34. The van der Waals surface area contributed by atoms with Crippen LogP contribution in [0.3, 0.4) is 0 Å². The molecule has 0 aliphatic carbocycles. The maximum atomic E-state index is 13.3. The Morgan fingerprint density at radius 1 is 1.22 bits per heavy atom. The van der Waals surface area contributed by atoms with Gasteiger partial charge in [-0.3, -0.25) is 9.59 Å². The molecule has 1 atom stereocenters. The van der Waals surface area contributed by atoms with E-state index in [1.54, 1.807) is 24.3 Å². The Balaban J connectivity index is 1.70. The summed E-state index contributed by atoms with van der Waals surface area (Å²) in [5.74, 6) is -1.25. The summed E-state index contributed by atoms with van der Waals surface area (Å²) in [6.45, 7) is 0.252. The van der Waals surface area contributed by atoms with Crippen LogP contribution in [0.4, 0.5) is 15.8 Å². The van der Waals surface area contributed by atoms with Crippen molar-refractivity contribution < 1.29 is 14.0 Å². The molecule has 0 radical (unpaired) electrons. The van der Waals surface area contributed by atoms with Crippen molar-refractivity contribution in [3.8, 4) is 0 Å². The zero-order chi connectivity index (χ0) is 16.4. The number of hydrogen-bond donors (Lipinski definition) is 1. The van der Waals surface area contributed by atoms with Gasteiger partial charge in [-0.1, -0.05) is 28.1 Å². The van der Waals surface area contributed by atoms with Crippen LogP contribution in [0.15, 0.2) is 53.0 Å². The van der Waals surface area contributed by atoms with E-state index in [1.165, 1.54) is 17.0 Å². The van der Waals surface area contributed by atoms with Gasteiger partial charge in [0, 0.05) is 28.8 Å². The predicted octanol–water partition coefficient (Wildman–Crippen LogP) is 3.58. The molecular formula is C17H14BrFN2O2. The minimum Gasteiger partial charge on any atom is -0.326 e. The van der Waals surface area contributed by atoms with Crippen LogP contribution < -0.4 is 10.2 Å². The Hall–Kier alpha value is -2.21. The number of nitrogens with zero attached hydrogens (tertiary/aromatic N) is 1. The Morgan fingerprint density at radius 3 is 2.74 bits per heavy atom. The first-order chi connectivity index (χ1) is 11.0. The van der Waals surface area contributed by atoms with E-state index in [1.807, 2.05) is 12.1 Å². The topological polar surface area (TPSA) is 49.4 Å². The van der Waals surface area contributed by atoms with E-state index in [0.29, 0.717) is 11.4 Å². The SMILES string of the molecule is O=C(Nc1cccc(Br)c1)C1CC(=O)N(c2cccc(F)c2)C1. The van der Waals surface area contributed by atoms with Crippen molar-refractivity contribution >= 4 is 39.1 Å². The highest BCUT2D eigenvalue weighted by molar-refractivity contribution is 9.10. The molecule has 23 heavy (non-hydrogen) atoms. The normalized spacial score (nSPS) is 17.4. The van der Waals surface area contributed by atoms with Gasteiger partial charge in [0.15, 0.2) is 0 Å². The van der Waals surface area contributed by atoms with Crippen LogP contribution in [0.2, 0.25) is 0 Å². The predicted molar refractivity (Wildman–Crippen MR) is 89.6 cm³/mol. The molecule has 0 bridgehead atoms. The molecule has 118 valence electrons. The van der Waals surface area contributed by atoms with E-state index in [-0.39, 0.29) is 24.8 Å². The summed E-state index contributed by atoms with van der Waals surface area (Å²) in [4.78, 5) is 25.9. The average molecular weight is 377 g/mol. The van der Waals surface area contributed by atoms with Gasteiger partial charge >= 0.3 is 0 Å². The molecule has 1 aliphatic rings. The second kappa shape index (κ2) is 6.50. The lowest BCUT2D eigenvalue weighted by Crippen LogP contribution is -2.28. The van der Waals surface area contributed by atoms with E-state index < -0.39 is 11.7 Å². The molecule has 0 saturated carbocycles. The second-order valence-corrected chi connectivity index (χ2v) is 6.30. The number of rotatable bonds is 3. The van der Waals surface area contributed by atoms with Gasteiger partial charge in [0.05, 0.1) is 5.92 Å². The second-order valence-electron chi connectivity index (χ2n) is 5.38. The molecule has 2 aromatic carbocycles. The molecule has 0 aromatic heterocycles. The van der Waals surface area contributed by atoms with E-state index in [0.717, 1.165) is 4.47 Å². The first kappa shape index (κ1) is 15.7. The maximum absolute atomic E-state index is 13.3. The molecule has 2 aromatic rings. The molecule has 1 aliphatic heterocycles. The van der Waals surface area contributed by atoms with Gasteiger partial charge in [0.1, 0.15) is 5.82 Å². The van der Waals surface area contributed by atoms with Gasteiger partial charge in [-0.15, -0.1) is 0 Å². The number of carbonyl (C=O) groups is 2. The maximum Gasteiger partial charge on any atom is 0.229 e. The Morgan fingerprint density at radius 2 is 2.00 bits per heavy atom. The minimum atomic E-state index is -0.454. The minimum absolute atomic E-state index is 0.121. The molecule has 2 amide bonds. The lowest BCUT2D eigenvalue weighted by molar-refractivity contribution is -0.122. The lowest BCUT2D eigenvalue weighted by atomic mass is 10.1. The van der Waals surface area contributed by atoms with Crippen LogP contribution in [0, 0.1) is 11.7 Å². The van der Waals surface area contributed by atoms with E-state index in [2.05, 4.69) is 21.2 Å². The van der Waals surface area contributed by atoms with Gasteiger partial charge < -0.3 is 10.2 Å². The third kappa shape index (κ3) is 3.59. The van der Waals surface area contributed by atoms with Crippen LogP contribution in [0.1, 0.15) is 6.42 Å². The van der Waals surface area contributed by atoms with Crippen LogP contribution in [0.5, 0.6) is 0 Å². The van der Waals surface area contributed by atoms with Gasteiger partial charge in [0.25, 0.3) is 0 Å². The number of anilines is 2. The standard InChI is InChI=1S/C17H14BrFN2O2/c18-12-3-1-5-14(8-12)20-17(23)11-7-16(22)21(10-11)15-6-2-4-13(19)9-15/h1-6,8-9,11H,7,10H2,(H,20,23). The molecule has 1 fully saturated rings. The van der Waals surface area contributed by atoms with Crippen molar-refractivity contribution in [2.75, 3.05) is 16.8 Å². The van der Waals surface area contributed by atoms with Crippen molar-refractivity contribution in [3.05, 3.63) is 58.8 Å². The van der Waals surface area contributed by atoms with Crippen molar-refractivity contribution in [2.45, 2.75) is 6.42 Å². The number of carbonyl (C=O) groups excluding carboxylic acids is 2. The number of hydrogen-bond acceptors (Lipinski definition) is 2. The number of benzene rings is 2. The van der Waals surface area contributed by atoms with Gasteiger partial charge in [0.2, 0.25) is 11.8 Å². The van der Waals surface area contributed by atoms with E-state index >= 15 is 0 Å². The average Bonchev–Trinajstić information content (AvgIpc) is 2.89. The third-order valence-electron chi connectivity index (χ3n) is 3.71. The highest BCUT2D eigenvalue weighted by atomic mass is 79.9. The van der Waals surface area contributed by atoms with Crippen molar-refractivity contribution in [3.63, 3.8) is 0 Å². The quantitative estimate of drug-likeness (QED) is 0.889. The highest BCUT2D eigenvalue weighted by Crippen LogP contribution is 2.26. The molecule has 4 nitrogen and oxygen atoms in total. The zero-order valence-electron chi connectivity index (χ0n) is 12.1. The molecule has 1 N–H and O–H groups in total. The number of halogens is 2. The Kier molecular flexibility index (Phi) is 4.43. The summed E-state index contributed by atoms with van der Waals surface area (Å²) in [5.41, 5.74) is 1.15. The van der Waals surface area contributed by atoms with Crippen LogP contribution >= 0.6 is 15.9 Å². The number of nitrogens with one attached hydrogen (secondary N) is 1. The van der Waals surface area contributed by atoms with Crippen molar-refractivity contribution in [1.82, 2.24) is 0 Å². The lowest BCUT2D eigenvalue weighted by Gasteiger charge is -2.16. The fourth-order valence-corrected chi connectivity index (χ4v) is 2.99. The molecule has 0 spiro atoms. The van der Waals surface area contributed by atoms with Gasteiger partial charge in [-0.2, -0.15) is 0 Å². The summed E-state index contributed by atoms with van der Waals surface area (Å²) in [7, 11) is 0. The smallest absolute Gasteiger partial charge is 0.229 e. The summed E-state index contributed by atoms with van der Waals surface area (Å²) in [6, 6.07) is 13.1. The fourth-order valence-electron chi connectivity index (χ4n) is 2.59. The fraction of sp³-hybridized carbons (Fsp3) is 0.176. The largest absolute Gasteiger partial charge is 0.326 e. The van der Waals surface area contributed by atoms with Crippen LogP contribution in [0.25, 0.3) is 0 Å². The zero-order valence-corrected chi connectivity index (χ0v) is 13.7. The summed E-state index contributed by atoms with van der Waals surface area (Å²) < 4.78 is 14.2. The Labute approximate surface area is 141 Å². The molecule has 6 heteroatoms. The van der Waals surface area contributed by atoms with Crippen LogP contribution in [-0.4, -0.2) is 18.4 Å². The number of amides is 2. The van der Waals surface area contributed by atoms with Crippen molar-refractivity contribution in [1.29, 1.82) is 0 Å².